The second-order valence-corrected chi connectivity index (χ2v) is 5.61. The van der Waals surface area contributed by atoms with Gasteiger partial charge in [-0.3, -0.25) is 4.79 Å². The number of benzene rings is 1. The van der Waals surface area contributed by atoms with Crippen LogP contribution in [0.1, 0.15) is 16.1 Å². The van der Waals surface area contributed by atoms with E-state index >= 15 is 0 Å². The quantitative estimate of drug-likeness (QED) is 0.783. The highest BCUT2D eigenvalue weighted by molar-refractivity contribution is 7.17. The Bertz CT molecular complexity index is 727. The maximum atomic E-state index is 12.0. The second kappa shape index (κ2) is 5.51. The van der Waals surface area contributed by atoms with Gasteiger partial charge in [-0.1, -0.05) is 30.3 Å². The number of carbonyl (C=O) groups is 1. The lowest BCUT2D eigenvalue weighted by Gasteiger charge is -2.09. The fourth-order valence-electron chi connectivity index (χ4n) is 2.42. The van der Waals surface area contributed by atoms with Crippen LogP contribution in [0.5, 0.6) is 0 Å². The van der Waals surface area contributed by atoms with Gasteiger partial charge in [-0.15, -0.1) is 11.3 Å². The maximum absolute atomic E-state index is 12.0. The number of thiophene rings is 1. The summed E-state index contributed by atoms with van der Waals surface area (Å²) in [6, 6.07) is 14.4. The van der Waals surface area contributed by atoms with Gasteiger partial charge >= 0.3 is 0 Å². The second-order valence-electron chi connectivity index (χ2n) is 4.67. The van der Waals surface area contributed by atoms with E-state index in [1.54, 1.807) is 18.4 Å². The average Bonchev–Trinajstić information content (AvgIpc) is 3.06. The molecule has 0 aliphatic heterocycles. The topological polar surface area (TPSA) is 34.0 Å². The third kappa shape index (κ3) is 2.34. The number of hydrogen-bond donors (Lipinski definition) is 1. The molecule has 4 heteroatoms. The fraction of sp³-hybridized carbons (Fsp3) is 0.188. The minimum Gasteiger partial charge on any atom is -0.354 e. The van der Waals surface area contributed by atoms with E-state index in [1.165, 1.54) is 5.56 Å². The largest absolute Gasteiger partial charge is 0.354 e. The molecule has 102 valence electrons. The van der Waals surface area contributed by atoms with Crippen molar-refractivity contribution < 1.29 is 4.79 Å². The van der Waals surface area contributed by atoms with E-state index < -0.39 is 0 Å². The first-order valence-electron chi connectivity index (χ1n) is 6.62. The van der Waals surface area contributed by atoms with Crippen LogP contribution in [0.25, 0.3) is 10.2 Å². The van der Waals surface area contributed by atoms with Crippen molar-refractivity contribution in [3.63, 3.8) is 0 Å². The highest BCUT2D eigenvalue weighted by atomic mass is 32.1. The van der Waals surface area contributed by atoms with Gasteiger partial charge in [-0.05, 0) is 29.5 Å². The Hall–Kier alpha value is -2.07. The number of nitrogens with zero attached hydrogens (tertiary/aromatic N) is 1. The molecule has 0 aliphatic rings. The van der Waals surface area contributed by atoms with Crippen molar-refractivity contribution in [2.45, 2.75) is 13.0 Å². The number of nitrogens with one attached hydrogen (secondary N) is 1. The number of carbonyl (C=O) groups excluding carboxylic acids is 1. The molecule has 0 saturated heterocycles. The van der Waals surface area contributed by atoms with E-state index in [-0.39, 0.29) is 5.91 Å². The Morgan fingerprint density at radius 1 is 1.25 bits per heavy atom. The van der Waals surface area contributed by atoms with Gasteiger partial charge < -0.3 is 9.88 Å². The van der Waals surface area contributed by atoms with E-state index in [1.807, 2.05) is 24.3 Å². The van der Waals surface area contributed by atoms with Gasteiger partial charge in [0.1, 0.15) is 5.69 Å². The monoisotopic (exact) mass is 284 g/mol. The normalized spacial score (nSPS) is 10.8. The highest BCUT2D eigenvalue weighted by Crippen LogP contribution is 2.25. The van der Waals surface area contributed by atoms with Crippen molar-refractivity contribution in [2.75, 3.05) is 7.05 Å². The molecular formula is C16H16N2OS. The van der Waals surface area contributed by atoms with Crippen LogP contribution in [-0.4, -0.2) is 17.5 Å². The molecule has 2 heterocycles. The van der Waals surface area contributed by atoms with Crippen LogP contribution in [0.4, 0.5) is 0 Å². The Morgan fingerprint density at radius 3 is 2.80 bits per heavy atom. The van der Waals surface area contributed by atoms with Crippen molar-refractivity contribution in [1.82, 2.24) is 9.88 Å². The number of hydrogen-bond acceptors (Lipinski definition) is 2. The number of amides is 1. The van der Waals surface area contributed by atoms with Gasteiger partial charge in [-0.25, -0.2) is 0 Å². The van der Waals surface area contributed by atoms with Gasteiger partial charge in [0.05, 0.1) is 10.2 Å². The predicted octanol–water partition coefficient (Wildman–Crippen LogP) is 3.31. The van der Waals surface area contributed by atoms with Crippen molar-refractivity contribution in [1.29, 1.82) is 0 Å². The molecule has 1 N–H and O–H groups in total. The summed E-state index contributed by atoms with van der Waals surface area (Å²) in [5.41, 5.74) is 3.17. The Balaban J connectivity index is 1.92. The number of aromatic nitrogens is 1. The molecule has 0 radical (unpaired) electrons. The molecule has 3 nitrogen and oxygen atoms in total. The number of aryl methyl sites for hydroxylation is 2. The van der Waals surface area contributed by atoms with Crippen LogP contribution in [0.15, 0.2) is 47.8 Å². The van der Waals surface area contributed by atoms with E-state index in [4.69, 9.17) is 0 Å². The van der Waals surface area contributed by atoms with Crippen LogP contribution in [0, 0.1) is 0 Å². The zero-order valence-electron chi connectivity index (χ0n) is 11.3. The number of fused-ring (bicyclic) bond motifs is 1. The minimum atomic E-state index is -0.0264. The molecule has 1 amide bonds. The van der Waals surface area contributed by atoms with E-state index in [0.717, 1.165) is 28.9 Å². The first kappa shape index (κ1) is 12.9. The van der Waals surface area contributed by atoms with Crippen LogP contribution >= 0.6 is 11.3 Å². The molecule has 0 atom stereocenters. The highest BCUT2D eigenvalue weighted by Gasteiger charge is 2.14. The summed E-state index contributed by atoms with van der Waals surface area (Å²) in [5.74, 6) is -0.0264. The Kier molecular flexibility index (Phi) is 3.56. The summed E-state index contributed by atoms with van der Waals surface area (Å²) in [5, 5.41) is 4.78. The van der Waals surface area contributed by atoms with Crippen molar-refractivity contribution in [3.05, 3.63) is 59.1 Å². The van der Waals surface area contributed by atoms with Crippen molar-refractivity contribution in [3.8, 4) is 0 Å². The lowest BCUT2D eigenvalue weighted by Crippen LogP contribution is -2.22. The summed E-state index contributed by atoms with van der Waals surface area (Å²) in [4.78, 5) is 12.0. The molecule has 0 fully saturated rings. The molecule has 0 bridgehead atoms. The molecule has 0 aliphatic carbocycles. The number of rotatable bonds is 4. The molecule has 0 saturated carbocycles. The zero-order valence-corrected chi connectivity index (χ0v) is 12.1. The van der Waals surface area contributed by atoms with Crippen molar-refractivity contribution in [2.24, 2.45) is 0 Å². The summed E-state index contributed by atoms with van der Waals surface area (Å²) in [7, 11) is 1.67. The molecule has 3 rings (SSSR count). The Labute approximate surface area is 121 Å². The predicted molar refractivity (Wildman–Crippen MR) is 83.4 cm³/mol. The van der Waals surface area contributed by atoms with Gasteiger partial charge in [-0.2, -0.15) is 0 Å². The molecule has 1 aromatic carbocycles. The summed E-state index contributed by atoms with van der Waals surface area (Å²) < 4.78 is 3.27. The molecule has 0 unspecified atom stereocenters. The maximum Gasteiger partial charge on any atom is 0.267 e. The zero-order chi connectivity index (χ0) is 13.9. The van der Waals surface area contributed by atoms with E-state index in [0.29, 0.717) is 0 Å². The van der Waals surface area contributed by atoms with Crippen LogP contribution in [-0.2, 0) is 13.0 Å². The summed E-state index contributed by atoms with van der Waals surface area (Å²) >= 11 is 1.67. The fourth-order valence-corrected chi connectivity index (χ4v) is 3.24. The molecule has 20 heavy (non-hydrogen) atoms. The third-order valence-corrected chi connectivity index (χ3v) is 4.30. The van der Waals surface area contributed by atoms with Crippen LogP contribution in [0.3, 0.4) is 0 Å². The van der Waals surface area contributed by atoms with E-state index in [9.17, 15) is 4.79 Å². The molecule has 2 aromatic heterocycles. The SMILES string of the molecule is CNC(=O)c1cc2sccc2n1CCc1ccccc1. The smallest absolute Gasteiger partial charge is 0.267 e. The standard InChI is InChI=1S/C16H16N2OS/c1-17-16(19)14-11-15-13(8-10-20-15)18(14)9-7-12-5-3-2-4-6-12/h2-6,8,10-11H,7,9H2,1H3,(H,17,19). The molecule has 3 aromatic rings. The Morgan fingerprint density at radius 2 is 2.05 bits per heavy atom. The van der Waals surface area contributed by atoms with Crippen molar-refractivity contribution >= 4 is 27.5 Å². The van der Waals surface area contributed by atoms with Gasteiger partial charge in [0.25, 0.3) is 5.91 Å². The molecule has 0 spiro atoms. The van der Waals surface area contributed by atoms with Crippen LogP contribution in [0.2, 0.25) is 0 Å². The van der Waals surface area contributed by atoms with Gasteiger partial charge in [0, 0.05) is 13.6 Å². The minimum absolute atomic E-state index is 0.0264. The first-order valence-corrected chi connectivity index (χ1v) is 7.50. The lowest BCUT2D eigenvalue weighted by atomic mass is 10.1. The van der Waals surface area contributed by atoms with Gasteiger partial charge in [0.2, 0.25) is 0 Å². The van der Waals surface area contributed by atoms with Gasteiger partial charge in [0.15, 0.2) is 0 Å². The average molecular weight is 284 g/mol. The summed E-state index contributed by atoms with van der Waals surface area (Å²) in [6.45, 7) is 0.812. The first-order chi connectivity index (χ1) is 9.79. The van der Waals surface area contributed by atoms with E-state index in [2.05, 4.69) is 33.5 Å². The summed E-state index contributed by atoms with van der Waals surface area (Å²) in [6.07, 6.45) is 0.921. The van der Waals surface area contributed by atoms with Crippen LogP contribution < -0.4 is 5.32 Å². The lowest BCUT2D eigenvalue weighted by molar-refractivity contribution is 0.0954. The molecular weight excluding hydrogens is 268 g/mol. The third-order valence-electron chi connectivity index (χ3n) is 3.45.